The van der Waals surface area contributed by atoms with Crippen LogP contribution < -0.4 is 0 Å². The van der Waals surface area contributed by atoms with Crippen molar-refractivity contribution in [2.24, 2.45) is 0 Å². The van der Waals surface area contributed by atoms with Crippen molar-refractivity contribution in [3.8, 4) is 44.5 Å². The molecule has 49 heavy (non-hydrogen) atoms. The van der Waals surface area contributed by atoms with Gasteiger partial charge in [0.1, 0.15) is 11.2 Å². The fourth-order valence-electron chi connectivity index (χ4n) is 7.13. The van der Waals surface area contributed by atoms with E-state index in [1.807, 2.05) is 66.7 Å². The molecule has 0 amide bonds. The van der Waals surface area contributed by atoms with Gasteiger partial charge in [0.25, 0.3) is 0 Å². The molecule has 0 N–H and O–H groups in total. The Labute approximate surface area is 297 Å². The number of benzene rings is 9. The van der Waals surface area contributed by atoms with Gasteiger partial charge in [0.2, 0.25) is 0 Å². The first-order valence-corrected chi connectivity index (χ1v) is 16.1. The number of rotatable bonds is 4. The maximum Gasteiger partial charge on any atom is 0.136 e. The third kappa shape index (κ3) is 4.47. The molecule has 1 nitrogen and oxygen atoms in total. The summed E-state index contributed by atoms with van der Waals surface area (Å²) in [7, 11) is 0. The van der Waals surface area contributed by atoms with Gasteiger partial charge in [-0.25, -0.2) is 0 Å². The lowest BCUT2D eigenvalue weighted by atomic mass is 9.84. The quantitative estimate of drug-likeness (QED) is 0.176. The Hall–Kier alpha value is -6.44. The Morgan fingerprint density at radius 1 is 0.367 bits per heavy atom. The van der Waals surface area contributed by atoms with Crippen molar-refractivity contribution >= 4 is 54.3 Å². The standard InChI is InChI=1S/C48H30O/c1-2-11-31(12-3-1)32-21-23-33(24-22-32)34-25-27-35(28-26-34)46-38-15-6-8-17-40(38)47(41-18-9-7-16-39(41)46)42-19-10-20-44-48(42)43-29-36-13-4-5-14-37(36)30-45(43)49-44/h1-30H/i4D,5D,10D,13D,14D,19D,20D,29D,30D. The highest BCUT2D eigenvalue weighted by atomic mass is 16.3. The average Bonchev–Trinajstić information content (AvgIpc) is 3.67. The summed E-state index contributed by atoms with van der Waals surface area (Å²) in [6.45, 7) is 0. The summed E-state index contributed by atoms with van der Waals surface area (Å²) in [5.74, 6) is 0. The predicted octanol–water partition coefficient (Wildman–Crippen LogP) is 13.7. The van der Waals surface area contributed by atoms with Crippen LogP contribution in [0.4, 0.5) is 0 Å². The Balaban J connectivity index is 1.24. The van der Waals surface area contributed by atoms with Gasteiger partial charge in [-0.05, 0) is 95.0 Å². The van der Waals surface area contributed by atoms with Crippen LogP contribution in [0.2, 0.25) is 0 Å². The highest BCUT2D eigenvalue weighted by Gasteiger charge is 2.20. The van der Waals surface area contributed by atoms with Gasteiger partial charge in [0.15, 0.2) is 0 Å². The van der Waals surface area contributed by atoms with Crippen molar-refractivity contribution in [2.45, 2.75) is 0 Å². The van der Waals surface area contributed by atoms with Crippen LogP contribution in [0.3, 0.4) is 0 Å². The minimum atomic E-state index is -0.533. The van der Waals surface area contributed by atoms with Crippen molar-refractivity contribution in [3.63, 3.8) is 0 Å². The zero-order valence-electron chi connectivity index (χ0n) is 35.0. The lowest BCUT2D eigenvalue weighted by Crippen LogP contribution is -1.91. The molecule has 9 aromatic carbocycles. The lowest BCUT2D eigenvalue weighted by Gasteiger charge is -2.18. The second-order valence-corrected chi connectivity index (χ2v) is 12.1. The molecule has 0 radical (unpaired) electrons. The van der Waals surface area contributed by atoms with Gasteiger partial charge in [-0.15, -0.1) is 0 Å². The molecule has 0 saturated carbocycles. The van der Waals surface area contributed by atoms with Gasteiger partial charge in [-0.3, -0.25) is 0 Å². The van der Waals surface area contributed by atoms with Crippen molar-refractivity contribution in [2.75, 3.05) is 0 Å². The van der Waals surface area contributed by atoms with Crippen LogP contribution in [0, 0.1) is 0 Å². The zero-order chi connectivity index (χ0) is 40.1. The van der Waals surface area contributed by atoms with Crippen LogP contribution in [-0.2, 0) is 0 Å². The van der Waals surface area contributed by atoms with E-state index >= 15 is 0 Å². The van der Waals surface area contributed by atoms with Crippen LogP contribution >= 0.6 is 0 Å². The summed E-state index contributed by atoms with van der Waals surface area (Å²) < 4.78 is 86.1. The molecule has 1 heterocycles. The van der Waals surface area contributed by atoms with Gasteiger partial charge in [0.05, 0.1) is 12.3 Å². The van der Waals surface area contributed by atoms with Crippen LogP contribution in [-0.4, -0.2) is 0 Å². The first-order chi connectivity index (χ1) is 28.1. The molecule has 0 unspecified atom stereocenters. The van der Waals surface area contributed by atoms with Gasteiger partial charge >= 0.3 is 0 Å². The van der Waals surface area contributed by atoms with E-state index in [4.69, 9.17) is 14.0 Å². The number of hydrogen-bond acceptors (Lipinski definition) is 1. The van der Waals surface area contributed by atoms with Crippen LogP contribution in [0.5, 0.6) is 0 Å². The highest BCUT2D eigenvalue weighted by Crippen LogP contribution is 2.47. The molecule has 0 bridgehead atoms. The summed E-state index contributed by atoms with van der Waals surface area (Å²) in [5.41, 5.74) is 7.01. The van der Waals surface area contributed by atoms with Crippen molar-refractivity contribution in [1.29, 1.82) is 0 Å². The second kappa shape index (κ2) is 11.1. The van der Waals surface area contributed by atoms with Crippen molar-refractivity contribution in [3.05, 3.63) is 182 Å². The number of fused-ring (bicyclic) bond motifs is 6. The lowest BCUT2D eigenvalue weighted by molar-refractivity contribution is 0.669. The van der Waals surface area contributed by atoms with Gasteiger partial charge < -0.3 is 4.42 Å². The molecule has 10 aromatic rings. The smallest absolute Gasteiger partial charge is 0.136 e. The Morgan fingerprint density at radius 3 is 1.45 bits per heavy atom. The molecule has 1 heteroatoms. The molecular weight excluding hydrogens is 593 g/mol. The topological polar surface area (TPSA) is 13.1 Å². The summed E-state index contributed by atoms with van der Waals surface area (Å²) in [5, 5.41) is 3.21. The van der Waals surface area contributed by atoms with Crippen LogP contribution in [0.1, 0.15) is 12.3 Å². The van der Waals surface area contributed by atoms with E-state index in [1.54, 1.807) is 0 Å². The molecule has 228 valence electrons. The van der Waals surface area contributed by atoms with E-state index in [1.165, 1.54) is 0 Å². The SMILES string of the molecule is [2H]c1c([2H])c(-c2c3ccccc3c(-c3ccc(-c4ccc(-c5ccccc5)cc4)cc3)c3ccccc23)c2c(oc3c([2H])c4c([2H])c([2H])c([2H])c([2H])c4c([2H])c32)c1[2H]. The molecule has 10 rings (SSSR count). The predicted molar refractivity (Wildman–Crippen MR) is 208 cm³/mol. The van der Waals surface area contributed by atoms with Crippen LogP contribution in [0.25, 0.3) is 98.8 Å². The number of hydrogen-bond donors (Lipinski definition) is 0. The van der Waals surface area contributed by atoms with E-state index < -0.39 is 30.2 Å². The maximum atomic E-state index is 9.45. The molecule has 0 atom stereocenters. The zero-order valence-corrected chi connectivity index (χ0v) is 26.0. The van der Waals surface area contributed by atoms with E-state index in [2.05, 4.69) is 60.7 Å². The Kier molecular flexibility index (Phi) is 4.53. The van der Waals surface area contributed by atoms with Gasteiger partial charge in [-0.1, -0.05) is 164 Å². The van der Waals surface area contributed by atoms with Gasteiger partial charge in [0, 0.05) is 10.8 Å². The molecule has 0 aliphatic carbocycles. The summed E-state index contributed by atoms with van der Waals surface area (Å²) in [4.78, 5) is 0. The highest BCUT2D eigenvalue weighted by molar-refractivity contribution is 6.26. The number of furan rings is 1. The molecule has 1 aromatic heterocycles. The largest absolute Gasteiger partial charge is 0.456 e. The van der Waals surface area contributed by atoms with E-state index in [9.17, 15) is 2.74 Å². The monoisotopic (exact) mass is 631 g/mol. The van der Waals surface area contributed by atoms with E-state index in [0.717, 1.165) is 54.9 Å². The maximum absolute atomic E-state index is 9.45. The Bertz CT molecular complexity index is 3300. The van der Waals surface area contributed by atoms with Crippen molar-refractivity contribution < 1.29 is 16.8 Å². The fourth-order valence-corrected chi connectivity index (χ4v) is 7.13. The third-order valence-corrected chi connectivity index (χ3v) is 9.38. The van der Waals surface area contributed by atoms with Crippen molar-refractivity contribution in [1.82, 2.24) is 0 Å². The summed E-state index contributed by atoms with van der Waals surface area (Å²) in [6, 6.07) is 39.2. The Morgan fingerprint density at radius 2 is 0.857 bits per heavy atom. The molecule has 0 aliphatic heterocycles. The second-order valence-electron chi connectivity index (χ2n) is 12.1. The molecular formula is C48H30O. The van der Waals surface area contributed by atoms with Gasteiger partial charge in [-0.2, -0.15) is 0 Å². The minimum Gasteiger partial charge on any atom is -0.456 e. The third-order valence-electron chi connectivity index (χ3n) is 9.38. The summed E-state index contributed by atoms with van der Waals surface area (Å²) >= 11 is 0. The van der Waals surface area contributed by atoms with E-state index in [0.29, 0.717) is 5.56 Å². The first kappa shape index (κ1) is 20.0. The fraction of sp³-hybridized carbons (Fsp3) is 0. The van der Waals surface area contributed by atoms with E-state index in [-0.39, 0.29) is 62.4 Å². The normalized spacial score (nSPS) is 14.2. The summed E-state index contributed by atoms with van der Waals surface area (Å²) in [6.07, 6.45) is 0. The average molecular weight is 632 g/mol. The van der Waals surface area contributed by atoms with Crippen LogP contribution in [0.15, 0.2) is 186 Å². The molecule has 0 spiro atoms. The minimum absolute atomic E-state index is 0.0548. The molecule has 0 fully saturated rings. The molecule has 0 aliphatic rings. The first-order valence-electron chi connectivity index (χ1n) is 20.6. The molecule has 0 saturated heterocycles.